The summed E-state index contributed by atoms with van der Waals surface area (Å²) < 4.78 is 1.61. The lowest BCUT2D eigenvalue weighted by atomic mass is 10.4. The predicted molar refractivity (Wildman–Crippen MR) is 118 cm³/mol. The summed E-state index contributed by atoms with van der Waals surface area (Å²) in [5.41, 5.74) is 0. The van der Waals surface area contributed by atoms with Crippen LogP contribution in [0.1, 0.15) is 25.7 Å². The normalized spacial score (nSPS) is 16.6. The Morgan fingerprint density at radius 3 is 1.42 bits per heavy atom. The lowest BCUT2D eigenvalue weighted by molar-refractivity contribution is -0.120. The third-order valence-corrected chi connectivity index (χ3v) is 7.20. The molecule has 6 nitrogen and oxygen atoms in total. The quantitative estimate of drug-likeness (QED) is 0.461. The average Bonchev–Trinajstić information content (AvgIpc) is 3.34. The number of carbonyl (C=O) groups is 2. The van der Waals surface area contributed by atoms with Crippen LogP contribution in [0.2, 0.25) is 0 Å². The van der Waals surface area contributed by atoms with Gasteiger partial charge < -0.3 is 20.4 Å². The number of amides is 2. The molecule has 0 atom stereocenters. The Bertz CT molecular complexity index is 474. The van der Waals surface area contributed by atoms with Crippen LogP contribution in [0.25, 0.3) is 0 Å². The molecule has 0 saturated carbocycles. The standard InChI is InChI=1S/C16H26N4O2S4/c21-13(11-25-15(23)19-7-1-2-8-19)17-5-6-18-14(22)12-26-16(24)20-9-3-4-10-20/h1-12H2,(H,17,21)(H,18,22). The summed E-state index contributed by atoms with van der Waals surface area (Å²) in [5.74, 6) is 0.526. The van der Waals surface area contributed by atoms with E-state index in [1.165, 1.54) is 49.2 Å². The molecule has 2 rings (SSSR count). The van der Waals surface area contributed by atoms with Gasteiger partial charge in [0.1, 0.15) is 8.64 Å². The van der Waals surface area contributed by atoms with Gasteiger partial charge in [-0.2, -0.15) is 0 Å². The van der Waals surface area contributed by atoms with Gasteiger partial charge in [0, 0.05) is 39.3 Å². The molecule has 0 radical (unpaired) electrons. The van der Waals surface area contributed by atoms with Crippen molar-refractivity contribution < 1.29 is 9.59 Å². The second-order valence-corrected chi connectivity index (χ2v) is 9.42. The van der Waals surface area contributed by atoms with Crippen molar-refractivity contribution in [3.8, 4) is 0 Å². The molecular weight excluding hydrogens is 408 g/mol. The van der Waals surface area contributed by atoms with E-state index in [0.29, 0.717) is 24.6 Å². The molecule has 2 N–H and O–H groups in total. The van der Waals surface area contributed by atoms with E-state index in [-0.39, 0.29) is 11.8 Å². The first-order chi connectivity index (χ1) is 12.6. The third-order valence-electron chi connectivity index (χ3n) is 4.15. The van der Waals surface area contributed by atoms with Crippen molar-refractivity contribution in [1.82, 2.24) is 20.4 Å². The summed E-state index contributed by atoms with van der Waals surface area (Å²) in [4.78, 5) is 27.9. The van der Waals surface area contributed by atoms with Crippen molar-refractivity contribution in [2.75, 3.05) is 50.8 Å². The number of hydrogen-bond donors (Lipinski definition) is 2. The highest BCUT2D eigenvalue weighted by molar-refractivity contribution is 8.23. The van der Waals surface area contributed by atoms with Gasteiger partial charge in [0.05, 0.1) is 11.5 Å². The molecular formula is C16H26N4O2S4. The summed E-state index contributed by atoms with van der Waals surface area (Å²) >= 11 is 13.5. The van der Waals surface area contributed by atoms with Crippen LogP contribution in [-0.4, -0.2) is 81.0 Å². The number of thioether (sulfide) groups is 2. The summed E-state index contributed by atoms with van der Waals surface area (Å²) in [6, 6.07) is 0. The number of hydrogen-bond acceptors (Lipinski definition) is 6. The van der Waals surface area contributed by atoms with Crippen LogP contribution in [0.5, 0.6) is 0 Å². The fourth-order valence-electron chi connectivity index (χ4n) is 2.74. The molecule has 10 heteroatoms. The number of nitrogens with one attached hydrogen (secondary N) is 2. The predicted octanol–water partition coefficient (Wildman–Crippen LogP) is 1.45. The maximum atomic E-state index is 11.8. The molecule has 0 aliphatic carbocycles. The molecule has 2 fully saturated rings. The topological polar surface area (TPSA) is 64.7 Å². The zero-order valence-corrected chi connectivity index (χ0v) is 18.1. The fourth-order valence-corrected chi connectivity index (χ4v) is 4.90. The minimum atomic E-state index is -0.0598. The van der Waals surface area contributed by atoms with Crippen LogP contribution in [-0.2, 0) is 9.59 Å². The van der Waals surface area contributed by atoms with Gasteiger partial charge in [0.15, 0.2) is 0 Å². The molecule has 26 heavy (non-hydrogen) atoms. The van der Waals surface area contributed by atoms with Crippen molar-refractivity contribution in [2.45, 2.75) is 25.7 Å². The number of thiocarbonyl (C=S) groups is 2. The minimum Gasteiger partial charge on any atom is -0.358 e. The minimum absolute atomic E-state index is 0.0598. The molecule has 0 aromatic heterocycles. The average molecular weight is 435 g/mol. The highest BCUT2D eigenvalue weighted by Gasteiger charge is 2.17. The fraction of sp³-hybridized carbons (Fsp3) is 0.750. The number of likely N-dealkylation sites (tertiary alicyclic amines) is 2. The molecule has 0 unspecified atom stereocenters. The van der Waals surface area contributed by atoms with E-state index in [1.807, 2.05) is 0 Å². The SMILES string of the molecule is O=C(CSC(=S)N1CCCC1)NCCNC(=O)CSC(=S)N1CCCC1. The van der Waals surface area contributed by atoms with Crippen LogP contribution in [0.4, 0.5) is 0 Å². The Balaban J connectivity index is 1.47. The molecule has 2 aliphatic heterocycles. The summed E-state index contributed by atoms with van der Waals surface area (Å²) in [6.45, 7) is 4.83. The van der Waals surface area contributed by atoms with Crippen LogP contribution in [0.3, 0.4) is 0 Å². The van der Waals surface area contributed by atoms with Crippen molar-refractivity contribution in [3.63, 3.8) is 0 Å². The van der Waals surface area contributed by atoms with Gasteiger partial charge in [0.25, 0.3) is 0 Å². The maximum absolute atomic E-state index is 11.8. The zero-order chi connectivity index (χ0) is 18.8. The van der Waals surface area contributed by atoms with Gasteiger partial charge in [-0.15, -0.1) is 0 Å². The van der Waals surface area contributed by atoms with Crippen LogP contribution in [0, 0.1) is 0 Å². The van der Waals surface area contributed by atoms with Crippen LogP contribution >= 0.6 is 48.0 Å². The number of nitrogens with zero attached hydrogens (tertiary/aromatic N) is 2. The van der Waals surface area contributed by atoms with E-state index in [1.54, 1.807) is 0 Å². The Labute approximate surface area is 174 Å². The molecule has 0 aromatic rings. The van der Waals surface area contributed by atoms with E-state index >= 15 is 0 Å². The largest absolute Gasteiger partial charge is 0.358 e. The van der Waals surface area contributed by atoms with Crippen LogP contribution in [0.15, 0.2) is 0 Å². The lowest BCUT2D eigenvalue weighted by Gasteiger charge is -2.17. The molecule has 2 saturated heterocycles. The maximum Gasteiger partial charge on any atom is 0.230 e. The van der Waals surface area contributed by atoms with Gasteiger partial charge in [-0.1, -0.05) is 48.0 Å². The van der Waals surface area contributed by atoms with Gasteiger partial charge in [-0.3, -0.25) is 9.59 Å². The number of carbonyl (C=O) groups excluding carboxylic acids is 2. The van der Waals surface area contributed by atoms with E-state index in [0.717, 1.165) is 34.8 Å². The van der Waals surface area contributed by atoms with E-state index in [9.17, 15) is 9.59 Å². The highest BCUT2D eigenvalue weighted by Crippen LogP contribution is 2.16. The Morgan fingerprint density at radius 2 is 1.08 bits per heavy atom. The Hall–Kier alpha value is -0.580. The molecule has 0 spiro atoms. The van der Waals surface area contributed by atoms with E-state index in [4.69, 9.17) is 24.4 Å². The molecule has 2 heterocycles. The summed E-state index contributed by atoms with van der Waals surface area (Å²) in [7, 11) is 0. The second kappa shape index (κ2) is 12.0. The second-order valence-electron chi connectivity index (χ2n) is 6.20. The number of rotatable bonds is 7. The molecule has 0 aromatic carbocycles. The van der Waals surface area contributed by atoms with Crippen molar-refractivity contribution in [1.29, 1.82) is 0 Å². The van der Waals surface area contributed by atoms with Crippen molar-refractivity contribution in [3.05, 3.63) is 0 Å². The Morgan fingerprint density at radius 1 is 0.731 bits per heavy atom. The monoisotopic (exact) mass is 434 g/mol. The summed E-state index contributed by atoms with van der Waals surface area (Å²) in [5, 5.41) is 5.60. The first-order valence-electron chi connectivity index (χ1n) is 8.93. The van der Waals surface area contributed by atoms with Gasteiger partial charge in [-0.25, -0.2) is 0 Å². The lowest BCUT2D eigenvalue weighted by Crippen LogP contribution is -2.37. The smallest absolute Gasteiger partial charge is 0.230 e. The summed E-state index contributed by atoms with van der Waals surface area (Å²) in [6.07, 6.45) is 4.70. The van der Waals surface area contributed by atoms with Crippen molar-refractivity contribution >= 4 is 68.4 Å². The van der Waals surface area contributed by atoms with Crippen molar-refractivity contribution in [2.24, 2.45) is 0 Å². The van der Waals surface area contributed by atoms with Gasteiger partial charge in [-0.05, 0) is 25.7 Å². The van der Waals surface area contributed by atoms with Crippen LogP contribution < -0.4 is 10.6 Å². The third kappa shape index (κ3) is 7.98. The first kappa shape index (κ1) is 21.7. The molecule has 146 valence electrons. The van der Waals surface area contributed by atoms with E-state index in [2.05, 4.69) is 20.4 Å². The van der Waals surface area contributed by atoms with Gasteiger partial charge in [0.2, 0.25) is 11.8 Å². The van der Waals surface area contributed by atoms with Gasteiger partial charge >= 0.3 is 0 Å². The highest BCUT2D eigenvalue weighted by atomic mass is 32.2. The molecule has 0 bridgehead atoms. The molecule has 2 amide bonds. The van der Waals surface area contributed by atoms with E-state index < -0.39 is 0 Å². The first-order valence-corrected chi connectivity index (χ1v) is 11.7. The molecule has 2 aliphatic rings. The zero-order valence-electron chi connectivity index (χ0n) is 14.8. The Kier molecular flexibility index (Phi) is 10.0.